The van der Waals surface area contributed by atoms with Crippen LogP contribution in [0.4, 0.5) is 0 Å². The second kappa shape index (κ2) is 5.95. The lowest BCUT2D eigenvalue weighted by molar-refractivity contribution is -0.122. The van der Waals surface area contributed by atoms with E-state index < -0.39 is 0 Å². The number of aromatic nitrogens is 3. The second-order valence-electron chi connectivity index (χ2n) is 4.09. The van der Waals surface area contributed by atoms with Crippen molar-refractivity contribution in [1.82, 2.24) is 20.3 Å². The minimum atomic E-state index is -0.137. The molecule has 1 aromatic heterocycles. The SMILES string of the molecule is CC(C(=O)NCCn1ccnn1)c1ccccc1. The van der Waals surface area contributed by atoms with Gasteiger partial charge in [0.2, 0.25) is 5.91 Å². The van der Waals surface area contributed by atoms with E-state index >= 15 is 0 Å². The van der Waals surface area contributed by atoms with Gasteiger partial charge in [0.1, 0.15) is 0 Å². The fourth-order valence-corrected chi connectivity index (χ4v) is 1.69. The van der Waals surface area contributed by atoms with Gasteiger partial charge >= 0.3 is 0 Å². The van der Waals surface area contributed by atoms with Crippen molar-refractivity contribution in [2.75, 3.05) is 6.54 Å². The molecule has 5 nitrogen and oxygen atoms in total. The van der Waals surface area contributed by atoms with Crippen molar-refractivity contribution in [2.45, 2.75) is 19.4 Å². The first-order chi connectivity index (χ1) is 8.77. The molecule has 1 heterocycles. The Morgan fingerprint density at radius 1 is 1.39 bits per heavy atom. The number of amides is 1. The molecule has 1 aromatic carbocycles. The Morgan fingerprint density at radius 2 is 2.17 bits per heavy atom. The standard InChI is InChI=1S/C13H16N4O/c1-11(12-5-3-2-4-6-12)13(18)14-7-9-17-10-8-15-16-17/h2-6,8,10-11H,7,9H2,1H3,(H,14,18). The highest BCUT2D eigenvalue weighted by molar-refractivity contribution is 5.83. The molecule has 1 atom stereocenters. The number of hydrogen-bond acceptors (Lipinski definition) is 3. The van der Waals surface area contributed by atoms with Crippen LogP contribution in [0.3, 0.4) is 0 Å². The van der Waals surface area contributed by atoms with Gasteiger partial charge in [-0.3, -0.25) is 9.48 Å². The Kier molecular flexibility index (Phi) is 4.06. The van der Waals surface area contributed by atoms with Gasteiger partial charge < -0.3 is 5.32 Å². The van der Waals surface area contributed by atoms with E-state index in [-0.39, 0.29) is 11.8 Å². The molecule has 0 radical (unpaired) electrons. The zero-order valence-corrected chi connectivity index (χ0v) is 10.3. The molecule has 0 fully saturated rings. The fraction of sp³-hybridized carbons (Fsp3) is 0.308. The number of hydrogen-bond donors (Lipinski definition) is 1. The van der Waals surface area contributed by atoms with E-state index in [0.717, 1.165) is 5.56 Å². The second-order valence-corrected chi connectivity index (χ2v) is 4.09. The Bertz CT molecular complexity index is 481. The summed E-state index contributed by atoms with van der Waals surface area (Å²) >= 11 is 0. The van der Waals surface area contributed by atoms with Gasteiger partial charge in [-0.25, -0.2) is 0 Å². The van der Waals surface area contributed by atoms with Crippen molar-refractivity contribution in [3.8, 4) is 0 Å². The summed E-state index contributed by atoms with van der Waals surface area (Å²) in [6.07, 6.45) is 3.39. The molecule has 0 aliphatic rings. The Labute approximate surface area is 106 Å². The van der Waals surface area contributed by atoms with Crippen molar-refractivity contribution in [1.29, 1.82) is 0 Å². The molecule has 18 heavy (non-hydrogen) atoms. The summed E-state index contributed by atoms with van der Waals surface area (Å²) in [4.78, 5) is 11.9. The van der Waals surface area contributed by atoms with E-state index in [9.17, 15) is 4.79 Å². The molecule has 0 bridgehead atoms. The predicted molar refractivity (Wildman–Crippen MR) is 67.9 cm³/mol. The van der Waals surface area contributed by atoms with Crippen LogP contribution in [0, 0.1) is 0 Å². The van der Waals surface area contributed by atoms with Crippen molar-refractivity contribution in [3.63, 3.8) is 0 Å². The van der Waals surface area contributed by atoms with E-state index in [4.69, 9.17) is 0 Å². The molecule has 5 heteroatoms. The van der Waals surface area contributed by atoms with Crippen LogP contribution in [0.25, 0.3) is 0 Å². The van der Waals surface area contributed by atoms with Crippen LogP contribution in [-0.4, -0.2) is 27.4 Å². The molecule has 94 valence electrons. The molecule has 2 aromatic rings. The number of carbonyl (C=O) groups excluding carboxylic acids is 1. The topological polar surface area (TPSA) is 59.8 Å². The lowest BCUT2D eigenvalue weighted by Gasteiger charge is -2.12. The molecule has 0 aliphatic heterocycles. The largest absolute Gasteiger partial charge is 0.354 e. The van der Waals surface area contributed by atoms with Crippen molar-refractivity contribution >= 4 is 5.91 Å². The smallest absolute Gasteiger partial charge is 0.227 e. The normalized spacial score (nSPS) is 12.1. The maximum atomic E-state index is 11.9. The van der Waals surface area contributed by atoms with E-state index in [1.165, 1.54) is 0 Å². The first-order valence-corrected chi connectivity index (χ1v) is 5.94. The monoisotopic (exact) mass is 244 g/mol. The third-order valence-corrected chi connectivity index (χ3v) is 2.80. The summed E-state index contributed by atoms with van der Waals surface area (Å²) in [5.41, 5.74) is 1.02. The molecule has 0 spiro atoms. The first-order valence-electron chi connectivity index (χ1n) is 5.94. The third-order valence-electron chi connectivity index (χ3n) is 2.80. The van der Waals surface area contributed by atoms with Gasteiger partial charge in [0, 0.05) is 12.7 Å². The maximum absolute atomic E-state index is 11.9. The van der Waals surface area contributed by atoms with Crippen molar-refractivity contribution in [2.24, 2.45) is 0 Å². The molecule has 0 aliphatic carbocycles. The molecule has 1 amide bonds. The van der Waals surface area contributed by atoms with Gasteiger partial charge in [0.25, 0.3) is 0 Å². The summed E-state index contributed by atoms with van der Waals surface area (Å²) in [6.45, 7) is 3.09. The zero-order chi connectivity index (χ0) is 12.8. The zero-order valence-electron chi connectivity index (χ0n) is 10.3. The van der Waals surface area contributed by atoms with Crippen LogP contribution in [0.15, 0.2) is 42.7 Å². The lowest BCUT2D eigenvalue weighted by atomic mass is 10.0. The highest BCUT2D eigenvalue weighted by Crippen LogP contribution is 2.13. The van der Waals surface area contributed by atoms with Crippen LogP contribution in [0.2, 0.25) is 0 Å². The molecule has 1 unspecified atom stereocenters. The summed E-state index contributed by atoms with van der Waals surface area (Å²) < 4.78 is 1.69. The summed E-state index contributed by atoms with van der Waals surface area (Å²) in [5.74, 6) is -0.108. The van der Waals surface area contributed by atoms with Crippen LogP contribution in [0.5, 0.6) is 0 Å². The predicted octanol–water partition coefficient (Wildman–Crippen LogP) is 1.20. The molecule has 1 N–H and O–H groups in total. The maximum Gasteiger partial charge on any atom is 0.227 e. The van der Waals surface area contributed by atoms with E-state index in [2.05, 4.69) is 15.6 Å². The average molecular weight is 244 g/mol. The first kappa shape index (κ1) is 12.3. The third kappa shape index (κ3) is 3.16. The van der Waals surface area contributed by atoms with Crippen LogP contribution >= 0.6 is 0 Å². The highest BCUT2D eigenvalue weighted by atomic mass is 16.1. The van der Waals surface area contributed by atoms with Gasteiger partial charge in [-0.15, -0.1) is 5.10 Å². The fourth-order valence-electron chi connectivity index (χ4n) is 1.69. The molecule has 2 rings (SSSR count). The quantitative estimate of drug-likeness (QED) is 0.859. The Morgan fingerprint density at radius 3 is 2.83 bits per heavy atom. The van der Waals surface area contributed by atoms with Crippen LogP contribution in [-0.2, 0) is 11.3 Å². The lowest BCUT2D eigenvalue weighted by Crippen LogP contribution is -2.31. The summed E-state index contributed by atoms with van der Waals surface area (Å²) in [6, 6.07) is 9.74. The summed E-state index contributed by atoms with van der Waals surface area (Å²) in [7, 11) is 0. The van der Waals surface area contributed by atoms with Crippen LogP contribution < -0.4 is 5.32 Å². The molecule has 0 saturated heterocycles. The van der Waals surface area contributed by atoms with Gasteiger partial charge in [-0.2, -0.15) is 0 Å². The highest BCUT2D eigenvalue weighted by Gasteiger charge is 2.13. The van der Waals surface area contributed by atoms with Crippen molar-refractivity contribution < 1.29 is 4.79 Å². The van der Waals surface area contributed by atoms with Gasteiger partial charge in [0.15, 0.2) is 0 Å². The molecular weight excluding hydrogens is 228 g/mol. The van der Waals surface area contributed by atoms with Gasteiger partial charge in [-0.05, 0) is 12.5 Å². The Hall–Kier alpha value is -2.17. The summed E-state index contributed by atoms with van der Waals surface area (Å²) in [5, 5.41) is 10.4. The minimum absolute atomic E-state index is 0.0290. The minimum Gasteiger partial charge on any atom is -0.354 e. The number of nitrogens with zero attached hydrogens (tertiary/aromatic N) is 3. The van der Waals surface area contributed by atoms with E-state index in [1.807, 2.05) is 37.3 Å². The number of benzene rings is 1. The number of nitrogens with one attached hydrogen (secondary N) is 1. The van der Waals surface area contributed by atoms with Crippen molar-refractivity contribution in [3.05, 3.63) is 48.3 Å². The van der Waals surface area contributed by atoms with E-state index in [1.54, 1.807) is 17.1 Å². The van der Waals surface area contributed by atoms with Gasteiger partial charge in [0.05, 0.1) is 18.7 Å². The van der Waals surface area contributed by atoms with E-state index in [0.29, 0.717) is 13.1 Å². The number of rotatable bonds is 5. The molecule has 0 saturated carbocycles. The molecular formula is C13H16N4O. The van der Waals surface area contributed by atoms with Gasteiger partial charge in [-0.1, -0.05) is 35.5 Å². The average Bonchev–Trinajstić information content (AvgIpc) is 2.92. The number of carbonyl (C=O) groups is 1. The Balaban J connectivity index is 1.81. The van der Waals surface area contributed by atoms with Crippen LogP contribution in [0.1, 0.15) is 18.4 Å².